The number of para-hydroxylation sites is 1. The van der Waals surface area contributed by atoms with Crippen molar-refractivity contribution in [2.24, 2.45) is 11.8 Å². The van der Waals surface area contributed by atoms with Crippen molar-refractivity contribution < 1.29 is 23.8 Å². The van der Waals surface area contributed by atoms with E-state index in [4.69, 9.17) is 14.2 Å². The molecule has 0 aromatic heterocycles. The van der Waals surface area contributed by atoms with Crippen LogP contribution in [-0.2, 0) is 14.3 Å². The molecule has 0 spiro atoms. The van der Waals surface area contributed by atoms with Crippen molar-refractivity contribution in [3.05, 3.63) is 96.6 Å². The van der Waals surface area contributed by atoms with E-state index < -0.39 is 23.0 Å². The predicted octanol–water partition coefficient (Wildman–Crippen LogP) is 6.40. The third-order valence-corrected chi connectivity index (χ3v) is 8.85. The minimum Gasteiger partial charge on any atom is -0.493 e. The molecule has 4 atom stereocenters. The summed E-state index contributed by atoms with van der Waals surface area (Å²) in [7, 11) is 0. The van der Waals surface area contributed by atoms with Gasteiger partial charge in [0.15, 0.2) is 0 Å². The summed E-state index contributed by atoms with van der Waals surface area (Å²) in [6.07, 6.45) is 1.87. The topological polar surface area (TPSA) is 88.9 Å². The summed E-state index contributed by atoms with van der Waals surface area (Å²) in [6, 6.07) is 30.0. The molecule has 2 bridgehead atoms. The molecule has 3 heterocycles. The number of imide groups is 1. The van der Waals surface area contributed by atoms with Crippen molar-refractivity contribution in [2.75, 3.05) is 11.5 Å². The highest BCUT2D eigenvalue weighted by atomic mass is 16.5. The van der Waals surface area contributed by atoms with Crippen LogP contribution in [0, 0.1) is 23.2 Å². The van der Waals surface area contributed by atoms with Crippen molar-refractivity contribution >= 4 is 28.3 Å². The fraction of sp³-hybridized carbons (Fsp3) is 0.265. The number of carbonyl (C=O) groups excluding carboxylic acids is 2. The molecule has 4 aromatic carbocycles. The zero-order valence-electron chi connectivity index (χ0n) is 22.6. The molecular weight excluding hydrogens is 516 g/mol. The van der Waals surface area contributed by atoms with E-state index in [0.29, 0.717) is 54.0 Å². The molecule has 0 N–H and O–H groups in total. The summed E-state index contributed by atoms with van der Waals surface area (Å²) in [4.78, 5) is 29.4. The average molecular weight is 545 g/mol. The second kappa shape index (κ2) is 9.46. The third-order valence-electron chi connectivity index (χ3n) is 8.85. The number of anilines is 1. The number of hydrogen-bond acceptors (Lipinski definition) is 6. The Kier molecular flexibility index (Phi) is 5.84. The lowest BCUT2D eigenvalue weighted by molar-refractivity contribution is -0.131. The smallest absolute Gasteiger partial charge is 0.240 e. The highest BCUT2D eigenvalue weighted by molar-refractivity contribution is 6.26. The van der Waals surface area contributed by atoms with E-state index in [1.165, 1.54) is 4.90 Å². The summed E-state index contributed by atoms with van der Waals surface area (Å²) in [6.45, 7) is 2.28. The zero-order valence-corrected chi connectivity index (χ0v) is 22.6. The first-order valence-corrected chi connectivity index (χ1v) is 13.9. The van der Waals surface area contributed by atoms with E-state index in [0.717, 1.165) is 11.1 Å². The molecule has 7 rings (SSSR count). The number of amides is 2. The number of carbonyl (C=O) groups is 2. The molecule has 3 fully saturated rings. The molecular formula is C34H28N2O5. The van der Waals surface area contributed by atoms with Crippen LogP contribution >= 0.6 is 0 Å². The lowest BCUT2D eigenvalue weighted by atomic mass is 9.67. The van der Waals surface area contributed by atoms with Gasteiger partial charge in [0.1, 0.15) is 17.2 Å². The quantitative estimate of drug-likeness (QED) is 0.250. The summed E-state index contributed by atoms with van der Waals surface area (Å²) in [5, 5.41) is 11.0. The van der Waals surface area contributed by atoms with Crippen LogP contribution in [0.1, 0.15) is 31.7 Å². The second-order valence-corrected chi connectivity index (χ2v) is 11.2. The molecule has 0 saturated carbocycles. The Bertz CT molecular complexity index is 1730. The van der Waals surface area contributed by atoms with Gasteiger partial charge in [-0.2, -0.15) is 5.26 Å². The Morgan fingerprint density at radius 1 is 0.854 bits per heavy atom. The maximum Gasteiger partial charge on any atom is 0.240 e. The summed E-state index contributed by atoms with van der Waals surface area (Å²) in [5.41, 5.74) is -0.459. The van der Waals surface area contributed by atoms with Crippen LogP contribution in [-0.4, -0.2) is 29.6 Å². The number of nitrogens with zero attached hydrogens (tertiary/aromatic N) is 2. The first-order valence-electron chi connectivity index (χ1n) is 13.9. The molecule has 204 valence electrons. The Morgan fingerprint density at radius 2 is 1.56 bits per heavy atom. The van der Waals surface area contributed by atoms with Gasteiger partial charge in [-0.1, -0.05) is 48.5 Å². The summed E-state index contributed by atoms with van der Waals surface area (Å²) >= 11 is 0. The normalized spacial score (nSPS) is 26.3. The maximum absolute atomic E-state index is 14.1. The first-order chi connectivity index (χ1) is 19.9. The molecule has 4 aromatic rings. The van der Waals surface area contributed by atoms with Gasteiger partial charge in [0, 0.05) is 23.3 Å². The number of fused-ring (bicyclic) bond motifs is 6. The van der Waals surface area contributed by atoms with Crippen LogP contribution < -0.4 is 14.4 Å². The highest BCUT2D eigenvalue weighted by Crippen LogP contribution is 2.62. The molecule has 3 saturated heterocycles. The Balaban J connectivity index is 1.13. The number of benzene rings is 4. The Morgan fingerprint density at radius 3 is 2.37 bits per heavy atom. The van der Waals surface area contributed by atoms with E-state index >= 15 is 0 Å². The van der Waals surface area contributed by atoms with Gasteiger partial charge in [-0.25, -0.2) is 4.90 Å². The molecule has 0 aliphatic carbocycles. The van der Waals surface area contributed by atoms with Crippen LogP contribution in [0.5, 0.6) is 17.2 Å². The van der Waals surface area contributed by atoms with Crippen LogP contribution in [0.4, 0.5) is 5.69 Å². The second-order valence-electron chi connectivity index (χ2n) is 11.2. The zero-order chi connectivity index (χ0) is 28.2. The fourth-order valence-electron chi connectivity index (χ4n) is 7.02. The van der Waals surface area contributed by atoms with Gasteiger partial charge in [-0.15, -0.1) is 0 Å². The van der Waals surface area contributed by atoms with E-state index in [2.05, 4.69) is 6.07 Å². The number of hydrogen-bond donors (Lipinski definition) is 0. The van der Waals surface area contributed by atoms with E-state index in [9.17, 15) is 14.9 Å². The van der Waals surface area contributed by atoms with Crippen molar-refractivity contribution in [3.8, 4) is 23.3 Å². The minimum atomic E-state index is -0.776. The minimum absolute atomic E-state index is 0.231. The van der Waals surface area contributed by atoms with Crippen LogP contribution in [0.15, 0.2) is 91.0 Å². The first kappa shape index (κ1) is 25.3. The van der Waals surface area contributed by atoms with E-state index in [1.807, 2.05) is 85.8 Å². The lowest BCUT2D eigenvalue weighted by Crippen LogP contribution is -2.43. The molecule has 7 heteroatoms. The largest absolute Gasteiger partial charge is 0.493 e. The van der Waals surface area contributed by atoms with Gasteiger partial charge in [-0.3, -0.25) is 9.59 Å². The monoisotopic (exact) mass is 544 g/mol. The molecule has 41 heavy (non-hydrogen) atoms. The molecule has 3 aliphatic rings. The lowest BCUT2D eigenvalue weighted by Gasteiger charge is -2.31. The molecule has 0 unspecified atom stereocenters. The number of nitriles is 1. The Hall–Kier alpha value is -4.67. The van der Waals surface area contributed by atoms with Gasteiger partial charge in [-0.05, 0) is 56.2 Å². The Labute approximate surface area is 237 Å². The van der Waals surface area contributed by atoms with E-state index in [1.54, 1.807) is 12.1 Å². The molecule has 2 amide bonds. The van der Waals surface area contributed by atoms with E-state index in [-0.39, 0.29) is 11.8 Å². The highest BCUT2D eigenvalue weighted by Gasteiger charge is 2.73. The van der Waals surface area contributed by atoms with Gasteiger partial charge in [0.25, 0.3) is 0 Å². The van der Waals surface area contributed by atoms with Crippen molar-refractivity contribution in [2.45, 2.75) is 37.4 Å². The summed E-state index contributed by atoms with van der Waals surface area (Å²) in [5.74, 6) is 0.453. The third kappa shape index (κ3) is 3.98. The van der Waals surface area contributed by atoms with Crippen LogP contribution in [0.25, 0.3) is 10.8 Å². The number of rotatable bonds is 7. The van der Waals surface area contributed by atoms with Crippen LogP contribution in [0.3, 0.4) is 0 Å². The SMILES string of the molecule is C[C@]12CC[C@](CCOc3cccc(Oc4ccccc4)c3)(O1)[C@@H]1C(=O)N(c3ccc(C#N)c4ccccc34)C(=O)[C@@H]12. The average Bonchev–Trinajstić information content (AvgIpc) is 3.57. The standard InChI is InChI=1S/C34H28N2O5/c1-33-16-17-34(41-33,18-19-39-24-10-7-11-25(20-24)40-23-8-3-2-4-9-23)30-29(33)31(37)36(32(30)38)28-15-14-22(21-35)26-12-5-6-13-27(26)28/h2-15,20,29-30H,16-19H2,1H3/t29-,30+,33-,34-/m1/s1. The maximum atomic E-state index is 14.1. The summed E-state index contributed by atoms with van der Waals surface area (Å²) < 4.78 is 18.6. The molecule has 7 nitrogen and oxygen atoms in total. The van der Waals surface area contributed by atoms with Gasteiger partial charge >= 0.3 is 0 Å². The molecule has 3 aliphatic heterocycles. The number of ether oxygens (including phenoxy) is 3. The van der Waals surface area contributed by atoms with Gasteiger partial charge in [0.2, 0.25) is 11.8 Å². The van der Waals surface area contributed by atoms with Crippen molar-refractivity contribution in [1.82, 2.24) is 0 Å². The van der Waals surface area contributed by atoms with Gasteiger partial charge in [0.05, 0.1) is 47.0 Å². The predicted molar refractivity (Wildman–Crippen MR) is 153 cm³/mol. The molecule has 0 radical (unpaired) electrons. The van der Waals surface area contributed by atoms with Crippen molar-refractivity contribution in [3.63, 3.8) is 0 Å². The fourth-order valence-corrected chi connectivity index (χ4v) is 7.02. The van der Waals surface area contributed by atoms with Crippen molar-refractivity contribution in [1.29, 1.82) is 5.26 Å². The van der Waals surface area contributed by atoms with Crippen LogP contribution in [0.2, 0.25) is 0 Å². The van der Waals surface area contributed by atoms with Gasteiger partial charge < -0.3 is 14.2 Å².